The molecule has 8 nitrogen and oxygen atoms in total. The minimum absolute atomic E-state index is 0.427. The van der Waals surface area contributed by atoms with Crippen LogP contribution < -0.4 is 5.32 Å². The molecular weight excluding hydrogens is 544 g/mol. The van der Waals surface area contributed by atoms with Crippen LogP contribution in [-0.4, -0.2) is 28.1 Å². The van der Waals surface area contributed by atoms with Gasteiger partial charge in [-0.15, -0.1) is 0 Å². The fourth-order valence-electron chi connectivity index (χ4n) is 5.69. The molecule has 208 valence electrons. The normalized spacial score (nSPS) is 15.3. The first-order valence-electron chi connectivity index (χ1n) is 13.4. The lowest BCUT2D eigenvalue weighted by atomic mass is 9.81. The van der Waals surface area contributed by atoms with Crippen molar-refractivity contribution < 1.29 is 28.8 Å². The largest absolute Gasteiger partial charge is 0.475 e. The molecule has 9 heteroatoms. The van der Waals surface area contributed by atoms with Crippen molar-refractivity contribution in [2.75, 3.05) is 5.32 Å². The first kappa shape index (κ1) is 26.8. The van der Waals surface area contributed by atoms with E-state index < -0.39 is 29.4 Å². The Labute approximate surface area is 241 Å². The number of hydrogen-bond donors (Lipinski definition) is 2. The highest BCUT2D eigenvalue weighted by Crippen LogP contribution is 2.50. The summed E-state index contributed by atoms with van der Waals surface area (Å²) in [6, 6.07) is 19.0. The number of halogens is 1. The summed E-state index contributed by atoms with van der Waals surface area (Å²) in [5, 5.41) is 16.7. The van der Waals surface area contributed by atoms with Crippen LogP contribution in [0.1, 0.15) is 53.8 Å². The molecule has 1 aromatic heterocycles. The molecule has 1 saturated carbocycles. The summed E-state index contributed by atoms with van der Waals surface area (Å²) in [7, 11) is 0. The minimum Gasteiger partial charge on any atom is -0.475 e. The van der Waals surface area contributed by atoms with E-state index in [0.29, 0.717) is 40.6 Å². The number of aromatic nitrogens is 1. The molecule has 0 unspecified atom stereocenters. The summed E-state index contributed by atoms with van der Waals surface area (Å²) < 4.78 is 11.2. The molecule has 0 saturated heterocycles. The van der Waals surface area contributed by atoms with Gasteiger partial charge in [-0.25, -0.2) is 9.59 Å². The van der Waals surface area contributed by atoms with Crippen molar-refractivity contribution in [1.82, 2.24) is 5.16 Å². The average Bonchev–Trinajstić information content (AvgIpc) is 3.70. The number of aliphatic carboxylic acids is 1. The zero-order valence-corrected chi connectivity index (χ0v) is 23.2. The van der Waals surface area contributed by atoms with Crippen molar-refractivity contribution in [2.24, 2.45) is 0 Å². The van der Waals surface area contributed by atoms with Gasteiger partial charge in [-0.1, -0.05) is 65.3 Å². The van der Waals surface area contributed by atoms with E-state index in [0.717, 1.165) is 46.2 Å². The number of carbonyl (C=O) groups is 3. The van der Waals surface area contributed by atoms with Crippen LogP contribution in [0.3, 0.4) is 0 Å². The van der Waals surface area contributed by atoms with Crippen LogP contribution in [0.5, 0.6) is 0 Å². The van der Waals surface area contributed by atoms with E-state index in [2.05, 4.69) is 10.5 Å². The van der Waals surface area contributed by atoms with E-state index in [9.17, 15) is 19.5 Å². The Kier molecular flexibility index (Phi) is 6.66. The molecule has 41 heavy (non-hydrogen) atoms. The first-order chi connectivity index (χ1) is 19.7. The molecule has 0 spiro atoms. The topological polar surface area (TPSA) is 119 Å². The number of nitrogens with one attached hydrogen (secondary N) is 1. The van der Waals surface area contributed by atoms with Gasteiger partial charge in [0.15, 0.2) is 5.76 Å². The first-order valence-corrected chi connectivity index (χ1v) is 13.8. The molecule has 2 aliphatic carbocycles. The van der Waals surface area contributed by atoms with E-state index in [4.69, 9.17) is 20.9 Å². The molecule has 3 aromatic carbocycles. The fraction of sp³-hybridized carbons (Fsp3) is 0.250. The number of benzene rings is 3. The molecule has 1 amide bonds. The molecule has 0 aliphatic heterocycles. The van der Waals surface area contributed by atoms with Crippen LogP contribution in [0.25, 0.3) is 22.5 Å². The number of Topliss-reactive ketones (excluding diaryl/α,β-unsaturated/α-hetero) is 1. The SMILES string of the molecule is Cc1noc(-c2ccc3c(c2)CCc2cc(C4(C(=O)C(=O)O)CC4)ccc2-3)c1NC(=O)O[C@H](C)c1ccccc1Cl. The summed E-state index contributed by atoms with van der Waals surface area (Å²) in [5.41, 5.74) is 6.65. The second kappa shape index (κ2) is 10.2. The minimum atomic E-state index is -1.38. The highest BCUT2D eigenvalue weighted by molar-refractivity contribution is 6.37. The predicted octanol–water partition coefficient (Wildman–Crippen LogP) is 7.06. The van der Waals surface area contributed by atoms with E-state index in [-0.39, 0.29) is 0 Å². The molecule has 4 aromatic rings. The van der Waals surface area contributed by atoms with Crippen molar-refractivity contribution in [1.29, 1.82) is 0 Å². The highest BCUT2D eigenvalue weighted by Gasteiger charge is 2.54. The number of nitrogens with zero attached hydrogens (tertiary/aromatic N) is 1. The standard InChI is InChI=1S/C32H27ClN2O6/c1-17-27(34-31(39)40-18(2)23-5-3-4-6-26(23)33)28(41-35-17)21-9-11-24-19(15-21)7-8-20-16-22(10-12-25(20)24)32(13-14-32)29(36)30(37)38/h3-6,9-12,15-16,18H,7-8,13-14H2,1-2H3,(H,34,39)(H,37,38)/t18-/m1/s1. The van der Waals surface area contributed by atoms with Gasteiger partial charge in [0.1, 0.15) is 17.5 Å². The number of aryl methyl sites for hydroxylation is 3. The molecule has 2 N–H and O–H groups in total. The number of ether oxygens (including phenoxy) is 1. The monoisotopic (exact) mass is 570 g/mol. The third kappa shape index (κ3) is 4.78. The Bertz CT molecular complexity index is 1720. The lowest BCUT2D eigenvalue weighted by Gasteiger charge is -2.23. The van der Waals surface area contributed by atoms with Crippen LogP contribution in [0.15, 0.2) is 65.2 Å². The van der Waals surface area contributed by atoms with Crippen molar-refractivity contribution in [3.8, 4) is 22.5 Å². The molecule has 0 bridgehead atoms. The second-order valence-electron chi connectivity index (χ2n) is 10.6. The van der Waals surface area contributed by atoms with Crippen LogP contribution in [-0.2, 0) is 32.6 Å². The molecule has 1 fully saturated rings. The van der Waals surface area contributed by atoms with Crippen molar-refractivity contribution in [2.45, 2.75) is 51.0 Å². The number of ketones is 1. The van der Waals surface area contributed by atoms with E-state index in [1.165, 1.54) is 0 Å². The van der Waals surface area contributed by atoms with Gasteiger partial charge < -0.3 is 14.4 Å². The number of hydrogen-bond acceptors (Lipinski definition) is 6. The Morgan fingerprint density at radius 3 is 2.39 bits per heavy atom. The summed E-state index contributed by atoms with van der Waals surface area (Å²) in [4.78, 5) is 36.5. The van der Waals surface area contributed by atoms with E-state index >= 15 is 0 Å². The van der Waals surface area contributed by atoms with Gasteiger partial charge in [0.05, 0.1) is 5.41 Å². The number of rotatable bonds is 7. The maximum absolute atomic E-state index is 12.8. The van der Waals surface area contributed by atoms with Gasteiger partial charge in [-0.2, -0.15) is 0 Å². The van der Waals surface area contributed by atoms with E-state index in [1.54, 1.807) is 19.9 Å². The average molecular weight is 571 g/mol. The number of amides is 1. The Balaban J connectivity index is 1.24. The maximum atomic E-state index is 12.8. The molecule has 6 rings (SSSR count). The Morgan fingerprint density at radius 2 is 1.71 bits per heavy atom. The molecule has 1 atom stereocenters. The van der Waals surface area contributed by atoms with Gasteiger partial charge in [0.25, 0.3) is 0 Å². The van der Waals surface area contributed by atoms with Gasteiger partial charge in [0, 0.05) is 16.1 Å². The van der Waals surface area contributed by atoms with Gasteiger partial charge in [-0.05, 0) is 79.5 Å². The van der Waals surface area contributed by atoms with Gasteiger partial charge in [-0.3, -0.25) is 10.1 Å². The zero-order valence-electron chi connectivity index (χ0n) is 22.5. The lowest BCUT2D eigenvalue weighted by molar-refractivity contribution is -0.150. The molecule has 2 aliphatic rings. The lowest BCUT2D eigenvalue weighted by Crippen LogP contribution is -2.28. The summed E-state index contributed by atoms with van der Waals surface area (Å²) >= 11 is 6.25. The number of carboxylic acid groups (broad SMARTS) is 1. The summed E-state index contributed by atoms with van der Waals surface area (Å²) in [6.45, 7) is 3.50. The van der Waals surface area contributed by atoms with Gasteiger partial charge >= 0.3 is 12.1 Å². The molecule has 0 radical (unpaired) electrons. The van der Waals surface area contributed by atoms with Crippen LogP contribution in [0.4, 0.5) is 10.5 Å². The number of carbonyl (C=O) groups excluding carboxylic acids is 2. The molecular formula is C32H27ClN2O6. The fourth-order valence-corrected chi connectivity index (χ4v) is 5.98. The van der Waals surface area contributed by atoms with Crippen LogP contribution in [0, 0.1) is 6.92 Å². The quantitative estimate of drug-likeness (QED) is 0.228. The number of carboxylic acids is 1. The maximum Gasteiger partial charge on any atom is 0.412 e. The highest BCUT2D eigenvalue weighted by atomic mass is 35.5. The Hall–Kier alpha value is -4.43. The predicted molar refractivity (Wildman–Crippen MR) is 153 cm³/mol. The van der Waals surface area contributed by atoms with Crippen molar-refractivity contribution in [3.05, 3.63) is 93.6 Å². The van der Waals surface area contributed by atoms with Crippen LogP contribution in [0.2, 0.25) is 5.02 Å². The summed E-state index contributed by atoms with van der Waals surface area (Å²) in [5.74, 6) is -1.68. The number of fused-ring (bicyclic) bond motifs is 3. The van der Waals surface area contributed by atoms with Crippen molar-refractivity contribution in [3.63, 3.8) is 0 Å². The zero-order chi connectivity index (χ0) is 28.9. The molecule has 1 heterocycles. The second-order valence-corrected chi connectivity index (χ2v) is 11.0. The smallest absolute Gasteiger partial charge is 0.412 e. The van der Waals surface area contributed by atoms with Crippen LogP contribution >= 0.6 is 11.6 Å². The van der Waals surface area contributed by atoms with E-state index in [1.807, 2.05) is 54.6 Å². The van der Waals surface area contributed by atoms with Gasteiger partial charge in [0.2, 0.25) is 5.78 Å². The third-order valence-corrected chi connectivity index (χ3v) is 8.42. The third-order valence-electron chi connectivity index (χ3n) is 8.07. The summed E-state index contributed by atoms with van der Waals surface area (Å²) in [6.07, 6.45) is 1.43. The Morgan fingerprint density at radius 1 is 1.02 bits per heavy atom. The number of anilines is 1. The van der Waals surface area contributed by atoms with Crippen molar-refractivity contribution >= 4 is 35.1 Å².